The Bertz CT molecular complexity index is 1160. The number of carbonyl (C=O) groups is 1. The number of anilines is 1. The van der Waals surface area contributed by atoms with Crippen LogP contribution in [0.1, 0.15) is 43.4 Å². The molecule has 3 N–H and O–H groups in total. The van der Waals surface area contributed by atoms with Crippen LogP contribution in [0.25, 0.3) is 0 Å². The number of rotatable bonds is 8. The summed E-state index contributed by atoms with van der Waals surface area (Å²) in [5.74, 6) is 0.499. The molecular formula is C26H31FN6O2S. The number of hydrogen-bond acceptors (Lipinski definition) is 8. The Morgan fingerprint density at radius 3 is 2.89 bits per heavy atom. The molecule has 3 aliphatic rings. The second kappa shape index (κ2) is 10.8. The number of hydrazone groups is 1. The fourth-order valence-corrected chi connectivity index (χ4v) is 5.32. The topological polar surface area (TPSA) is 81.2 Å². The summed E-state index contributed by atoms with van der Waals surface area (Å²) in [6.07, 6.45) is 7.04. The van der Waals surface area contributed by atoms with E-state index in [1.807, 2.05) is 31.5 Å². The number of thioether (sulfide) groups is 1. The van der Waals surface area contributed by atoms with Crippen LogP contribution in [0.3, 0.4) is 0 Å². The average molecular weight is 511 g/mol. The van der Waals surface area contributed by atoms with Crippen molar-refractivity contribution in [2.45, 2.75) is 51.4 Å². The van der Waals surface area contributed by atoms with Crippen LogP contribution < -0.4 is 20.9 Å². The summed E-state index contributed by atoms with van der Waals surface area (Å²) >= 11 is 1.35. The molecule has 0 bridgehead atoms. The smallest absolute Gasteiger partial charge is 0.234 e. The van der Waals surface area contributed by atoms with Crippen LogP contribution in [-0.4, -0.2) is 45.6 Å². The molecule has 0 saturated carbocycles. The van der Waals surface area contributed by atoms with Crippen LogP contribution in [0.5, 0.6) is 5.75 Å². The van der Waals surface area contributed by atoms with Gasteiger partial charge >= 0.3 is 0 Å². The summed E-state index contributed by atoms with van der Waals surface area (Å²) < 4.78 is 19.3. The van der Waals surface area contributed by atoms with Crippen molar-refractivity contribution in [1.82, 2.24) is 20.8 Å². The fourth-order valence-electron chi connectivity index (χ4n) is 4.54. The molecule has 3 aliphatic heterocycles. The number of benzene rings is 2. The Balaban J connectivity index is 1.15. The number of amidine groups is 1. The van der Waals surface area contributed by atoms with Gasteiger partial charge in [0.05, 0.1) is 24.4 Å². The zero-order chi connectivity index (χ0) is 25.1. The molecule has 8 nitrogen and oxygen atoms in total. The first-order chi connectivity index (χ1) is 17.5. The molecule has 0 spiro atoms. The van der Waals surface area contributed by atoms with Crippen molar-refractivity contribution in [2.75, 3.05) is 17.7 Å². The average Bonchev–Trinajstić information content (AvgIpc) is 3.50. The van der Waals surface area contributed by atoms with E-state index in [1.165, 1.54) is 29.5 Å². The van der Waals surface area contributed by atoms with E-state index < -0.39 is 0 Å². The van der Waals surface area contributed by atoms with Crippen molar-refractivity contribution in [3.05, 3.63) is 71.8 Å². The van der Waals surface area contributed by atoms with E-state index in [-0.39, 0.29) is 35.7 Å². The van der Waals surface area contributed by atoms with Gasteiger partial charge in [-0.1, -0.05) is 43.3 Å². The molecule has 36 heavy (non-hydrogen) atoms. The molecule has 2 aromatic rings. The summed E-state index contributed by atoms with van der Waals surface area (Å²) in [5.41, 5.74) is 9.34. The van der Waals surface area contributed by atoms with Crippen molar-refractivity contribution in [3.63, 3.8) is 0 Å². The van der Waals surface area contributed by atoms with Gasteiger partial charge in [0.2, 0.25) is 5.91 Å². The molecular weight excluding hydrogens is 479 g/mol. The van der Waals surface area contributed by atoms with E-state index in [9.17, 15) is 9.18 Å². The van der Waals surface area contributed by atoms with Gasteiger partial charge in [-0.05, 0) is 55.2 Å². The van der Waals surface area contributed by atoms with Gasteiger partial charge in [0.25, 0.3) is 0 Å². The summed E-state index contributed by atoms with van der Waals surface area (Å²) in [7, 11) is 0. The monoisotopic (exact) mass is 510 g/mol. The number of fused-ring (bicyclic) bond motifs is 3. The van der Waals surface area contributed by atoms with Crippen LogP contribution in [-0.2, 0) is 4.79 Å². The molecule has 0 aromatic heterocycles. The highest BCUT2D eigenvalue weighted by molar-refractivity contribution is 8.14. The van der Waals surface area contributed by atoms with E-state index in [0.29, 0.717) is 5.69 Å². The van der Waals surface area contributed by atoms with Crippen molar-refractivity contribution in [1.29, 1.82) is 0 Å². The highest BCUT2D eigenvalue weighted by atomic mass is 32.2. The number of amides is 1. The molecule has 3 atom stereocenters. The normalized spacial score (nSPS) is 22.1. The predicted molar refractivity (Wildman–Crippen MR) is 141 cm³/mol. The van der Waals surface area contributed by atoms with Gasteiger partial charge in [-0.2, -0.15) is 5.10 Å². The van der Waals surface area contributed by atoms with Gasteiger partial charge in [0.15, 0.2) is 5.17 Å². The van der Waals surface area contributed by atoms with Crippen LogP contribution in [0, 0.1) is 12.7 Å². The lowest BCUT2D eigenvalue weighted by molar-refractivity contribution is -0.113. The van der Waals surface area contributed by atoms with Gasteiger partial charge in [0.1, 0.15) is 17.7 Å². The van der Waals surface area contributed by atoms with Crippen molar-refractivity contribution in [2.24, 2.45) is 5.10 Å². The molecule has 3 heterocycles. The second-order valence-corrected chi connectivity index (χ2v) is 10.1. The highest BCUT2D eigenvalue weighted by Crippen LogP contribution is 2.35. The molecule has 1 saturated heterocycles. The zero-order valence-corrected chi connectivity index (χ0v) is 21.2. The Morgan fingerprint density at radius 2 is 2.08 bits per heavy atom. The van der Waals surface area contributed by atoms with E-state index in [4.69, 9.17) is 4.74 Å². The molecule has 2 aromatic carbocycles. The van der Waals surface area contributed by atoms with Crippen molar-refractivity contribution < 1.29 is 13.9 Å². The minimum Gasteiger partial charge on any atom is -0.494 e. The van der Waals surface area contributed by atoms with Crippen LogP contribution in [0.15, 0.2) is 60.0 Å². The number of hydrazine groups is 1. The summed E-state index contributed by atoms with van der Waals surface area (Å²) in [5, 5.41) is 10.1. The first-order valence-corrected chi connectivity index (χ1v) is 13.3. The van der Waals surface area contributed by atoms with Crippen LogP contribution in [0.4, 0.5) is 10.1 Å². The van der Waals surface area contributed by atoms with Gasteiger partial charge in [-0.25, -0.2) is 9.82 Å². The SMILES string of the molecule is CCCCOc1ccc(C2CC3C4NN=C(SCC(=O)Nc5cc(F)ccc5C)N4C=CN3N2)cc1. The number of hydrogen-bond donors (Lipinski definition) is 3. The molecule has 1 amide bonds. The number of nitrogens with zero attached hydrogens (tertiary/aromatic N) is 3. The Hall–Kier alpha value is -3.24. The Morgan fingerprint density at radius 1 is 1.25 bits per heavy atom. The number of halogens is 1. The molecule has 10 heteroatoms. The second-order valence-electron chi connectivity index (χ2n) is 9.13. The van der Waals surface area contributed by atoms with Crippen LogP contribution in [0.2, 0.25) is 0 Å². The van der Waals surface area contributed by atoms with E-state index in [1.54, 1.807) is 6.07 Å². The molecule has 0 radical (unpaired) electrons. The first kappa shape index (κ1) is 24.5. The third-order valence-corrected chi connectivity index (χ3v) is 7.53. The molecule has 190 valence electrons. The lowest BCUT2D eigenvalue weighted by Gasteiger charge is -2.36. The summed E-state index contributed by atoms with van der Waals surface area (Å²) in [4.78, 5) is 14.5. The maximum Gasteiger partial charge on any atom is 0.234 e. The van der Waals surface area contributed by atoms with E-state index >= 15 is 0 Å². The Labute approximate surface area is 214 Å². The summed E-state index contributed by atoms with van der Waals surface area (Å²) in [6, 6.07) is 13.0. The van der Waals surface area contributed by atoms with Crippen LogP contribution >= 0.6 is 11.8 Å². The lowest BCUT2D eigenvalue weighted by atomic mass is 10.00. The van der Waals surface area contributed by atoms with E-state index in [2.05, 4.69) is 50.2 Å². The first-order valence-electron chi connectivity index (χ1n) is 12.3. The van der Waals surface area contributed by atoms with Crippen molar-refractivity contribution >= 4 is 28.5 Å². The molecule has 1 fully saturated rings. The molecule has 5 rings (SSSR count). The number of carbonyl (C=O) groups excluding carboxylic acids is 1. The standard InChI is InChI=1S/C26H31FN6O2S/c1-3-4-13-35-20-9-6-18(7-10-20)22-15-23-25-29-30-26(32(25)11-12-33(23)31-22)36-16-24(34)28-21-14-19(27)8-5-17(21)2/h5-12,14,22-23,25,29,31H,3-4,13,15-16H2,1-2H3,(H,28,34). The quantitative estimate of drug-likeness (QED) is 0.457. The lowest BCUT2D eigenvalue weighted by Crippen LogP contribution is -2.54. The number of nitrogens with one attached hydrogen (secondary N) is 3. The van der Waals surface area contributed by atoms with Gasteiger partial charge in [-0.3, -0.25) is 10.2 Å². The minimum atomic E-state index is -0.376. The fraction of sp³-hybridized carbons (Fsp3) is 0.385. The summed E-state index contributed by atoms with van der Waals surface area (Å²) in [6.45, 7) is 4.73. The number of ether oxygens (including phenoxy) is 1. The minimum absolute atomic E-state index is 0.0276. The Kier molecular flexibility index (Phi) is 7.33. The van der Waals surface area contributed by atoms with Crippen molar-refractivity contribution in [3.8, 4) is 5.75 Å². The largest absolute Gasteiger partial charge is 0.494 e. The van der Waals surface area contributed by atoms with Gasteiger partial charge < -0.3 is 20.0 Å². The number of unbranched alkanes of at least 4 members (excludes halogenated alkanes) is 1. The third kappa shape index (κ3) is 5.29. The molecule has 0 aliphatic carbocycles. The zero-order valence-electron chi connectivity index (χ0n) is 20.4. The number of aryl methyl sites for hydroxylation is 1. The molecule has 3 unspecified atom stereocenters. The maximum atomic E-state index is 13.5. The van der Waals surface area contributed by atoms with Gasteiger partial charge in [0, 0.05) is 18.1 Å². The third-order valence-electron chi connectivity index (χ3n) is 6.56. The van der Waals surface area contributed by atoms with Gasteiger partial charge in [-0.15, -0.1) is 0 Å². The van der Waals surface area contributed by atoms with E-state index in [0.717, 1.165) is 42.3 Å². The highest BCUT2D eigenvalue weighted by Gasteiger charge is 2.44. The predicted octanol–water partition coefficient (Wildman–Crippen LogP) is 4.29. The maximum absolute atomic E-state index is 13.5.